The van der Waals surface area contributed by atoms with Crippen molar-refractivity contribution in [2.75, 3.05) is 58.5 Å². The van der Waals surface area contributed by atoms with Crippen molar-refractivity contribution >= 4 is 17.5 Å². The predicted octanol–water partition coefficient (Wildman–Crippen LogP) is 0.856. The van der Waals surface area contributed by atoms with Gasteiger partial charge in [-0.25, -0.2) is 0 Å². The van der Waals surface area contributed by atoms with E-state index in [9.17, 15) is 9.59 Å². The van der Waals surface area contributed by atoms with Gasteiger partial charge in [-0.1, -0.05) is 0 Å². The summed E-state index contributed by atoms with van der Waals surface area (Å²) >= 11 is 0. The Labute approximate surface area is 161 Å². The molecule has 10 nitrogen and oxygen atoms in total. The van der Waals surface area contributed by atoms with Crippen molar-refractivity contribution in [3.05, 3.63) is 23.9 Å². The molecular weight excluding hydrogens is 366 g/mol. The first kappa shape index (κ1) is 18.2. The van der Waals surface area contributed by atoms with Crippen LogP contribution in [0.1, 0.15) is 0 Å². The van der Waals surface area contributed by atoms with Gasteiger partial charge in [0.1, 0.15) is 5.75 Å². The zero-order valence-electron chi connectivity index (χ0n) is 15.5. The highest BCUT2D eigenvalue weighted by molar-refractivity contribution is 5.95. The predicted molar refractivity (Wildman–Crippen MR) is 98.6 cm³/mol. The zero-order chi connectivity index (χ0) is 19.5. The third-order valence-corrected chi connectivity index (χ3v) is 4.81. The number of azo groups is 1. The average molecular weight is 387 g/mol. The van der Waals surface area contributed by atoms with Crippen LogP contribution in [0.25, 0.3) is 0 Å². The van der Waals surface area contributed by atoms with E-state index in [4.69, 9.17) is 14.2 Å². The van der Waals surface area contributed by atoms with Crippen LogP contribution in [0.15, 0.2) is 34.1 Å². The molecule has 1 aromatic carbocycles. The van der Waals surface area contributed by atoms with Crippen molar-refractivity contribution in [3.63, 3.8) is 0 Å². The summed E-state index contributed by atoms with van der Waals surface area (Å²) < 4.78 is 16.0. The Balaban J connectivity index is 1.30. The number of ether oxygens (including phenoxy) is 3. The average Bonchev–Trinajstić information content (AvgIpc) is 3.39. The fourth-order valence-corrected chi connectivity index (χ4v) is 3.29. The van der Waals surface area contributed by atoms with Crippen molar-refractivity contribution < 1.29 is 23.8 Å². The highest BCUT2D eigenvalue weighted by Crippen LogP contribution is 2.40. The van der Waals surface area contributed by atoms with Crippen LogP contribution in [-0.4, -0.2) is 74.8 Å². The maximum Gasteiger partial charge on any atom is 0.253 e. The summed E-state index contributed by atoms with van der Waals surface area (Å²) in [6.07, 6.45) is 1.51. The minimum Gasteiger partial charge on any atom is -0.494 e. The molecule has 1 N–H and O–H groups in total. The SMILES string of the molecule is COc1cc2c(cc1NC(=O)CN1CCN(C(=O)C3=CN=NC3)CC1)OCO2. The Morgan fingerprint density at radius 3 is 2.61 bits per heavy atom. The number of fused-ring (bicyclic) bond motifs is 1. The molecular formula is C18H21N5O5. The Kier molecular flexibility index (Phi) is 5.11. The van der Waals surface area contributed by atoms with Crippen LogP contribution in [0, 0.1) is 0 Å². The molecule has 2 amide bonds. The molecule has 0 spiro atoms. The minimum atomic E-state index is -0.159. The number of hydrogen-bond acceptors (Lipinski definition) is 8. The number of carbonyl (C=O) groups is 2. The summed E-state index contributed by atoms with van der Waals surface area (Å²) in [6, 6.07) is 3.39. The van der Waals surface area contributed by atoms with E-state index in [1.54, 1.807) is 17.0 Å². The van der Waals surface area contributed by atoms with Crippen LogP contribution in [-0.2, 0) is 9.59 Å². The van der Waals surface area contributed by atoms with Gasteiger partial charge in [0.15, 0.2) is 11.5 Å². The van der Waals surface area contributed by atoms with Gasteiger partial charge in [0.2, 0.25) is 12.7 Å². The molecule has 0 unspecified atom stereocenters. The summed E-state index contributed by atoms with van der Waals surface area (Å²) in [5.41, 5.74) is 1.15. The van der Waals surface area contributed by atoms with E-state index in [2.05, 4.69) is 15.5 Å². The maximum absolute atomic E-state index is 12.5. The number of piperazine rings is 1. The molecule has 0 radical (unpaired) electrons. The van der Waals surface area contributed by atoms with Crippen molar-refractivity contribution in [1.82, 2.24) is 9.80 Å². The van der Waals surface area contributed by atoms with E-state index in [-0.39, 0.29) is 25.2 Å². The first-order chi connectivity index (χ1) is 13.6. The molecule has 0 aromatic heterocycles. The van der Waals surface area contributed by atoms with Gasteiger partial charge in [0, 0.05) is 38.3 Å². The summed E-state index contributed by atoms with van der Waals surface area (Å²) in [6.45, 7) is 3.11. The monoisotopic (exact) mass is 387 g/mol. The van der Waals surface area contributed by atoms with Gasteiger partial charge >= 0.3 is 0 Å². The van der Waals surface area contributed by atoms with Crippen molar-refractivity contribution in [3.8, 4) is 17.2 Å². The molecule has 0 bridgehead atoms. The standard InChI is InChI=1S/C18H21N5O5/c1-26-14-7-16-15(27-11-28-16)6-13(14)21-17(24)10-22-2-4-23(5-3-22)18(25)12-8-19-20-9-12/h6-8H,2-5,9-11H2,1H3,(H,21,24). The van der Waals surface area contributed by atoms with Crippen LogP contribution >= 0.6 is 0 Å². The highest BCUT2D eigenvalue weighted by atomic mass is 16.7. The second kappa shape index (κ2) is 7.85. The minimum absolute atomic E-state index is 0.0285. The third-order valence-electron chi connectivity index (χ3n) is 4.81. The smallest absolute Gasteiger partial charge is 0.253 e. The lowest BCUT2D eigenvalue weighted by atomic mass is 10.2. The Morgan fingerprint density at radius 2 is 1.93 bits per heavy atom. The number of carbonyl (C=O) groups excluding carboxylic acids is 2. The normalized spacial score (nSPS) is 18.2. The molecule has 0 aliphatic carbocycles. The number of amides is 2. The number of anilines is 1. The van der Waals surface area contributed by atoms with E-state index < -0.39 is 0 Å². The van der Waals surface area contributed by atoms with Gasteiger partial charge in [-0.05, 0) is 0 Å². The maximum atomic E-state index is 12.5. The number of hydrogen-bond donors (Lipinski definition) is 1. The van der Waals surface area contributed by atoms with Gasteiger partial charge < -0.3 is 24.4 Å². The first-order valence-corrected chi connectivity index (χ1v) is 8.99. The molecule has 3 heterocycles. The lowest BCUT2D eigenvalue weighted by molar-refractivity contribution is -0.129. The number of rotatable bonds is 5. The summed E-state index contributed by atoms with van der Waals surface area (Å²) in [5, 5.41) is 10.4. The van der Waals surface area contributed by atoms with Crippen LogP contribution < -0.4 is 19.5 Å². The molecule has 4 rings (SSSR count). The van der Waals surface area contributed by atoms with E-state index in [0.29, 0.717) is 61.2 Å². The van der Waals surface area contributed by atoms with Gasteiger partial charge in [0.25, 0.3) is 5.91 Å². The first-order valence-electron chi connectivity index (χ1n) is 8.99. The van der Waals surface area contributed by atoms with Gasteiger partial charge in [-0.3, -0.25) is 14.5 Å². The van der Waals surface area contributed by atoms with E-state index in [1.165, 1.54) is 13.3 Å². The quantitative estimate of drug-likeness (QED) is 0.803. The molecule has 148 valence electrons. The van der Waals surface area contributed by atoms with Crippen molar-refractivity contribution in [2.45, 2.75) is 0 Å². The second-order valence-electron chi connectivity index (χ2n) is 6.59. The Bertz CT molecular complexity index is 845. The highest BCUT2D eigenvalue weighted by Gasteiger charge is 2.26. The largest absolute Gasteiger partial charge is 0.494 e. The lowest BCUT2D eigenvalue weighted by Crippen LogP contribution is -2.50. The molecule has 1 fully saturated rings. The summed E-state index contributed by atoms with van der Waals surface area (Å²) in [4.78, 5) is 28.6. The number of methoxy groups -OCH3 is 1. The van der Waals surface area contributed by atoms with E-state index in [1.807, 2.05) is 4.90 Å². The van der Waals surface area contributed by atoms with Gasteiger partial charge in [-0.15, -0.1) is 0 Å². The number of nitrogens with zero attached hydrogens (tertiary/aromatic N) is 4. The molecule has 28 heavy (non-hydrogen) atoms. The molecule has 3 aliphatic heterocycles. The zero-order valence-corrected chi connectivity index (χ0v) is 15.5. The van der Waals surface area contributed by atoms with Crippen LogP contribution in [0.5, 0.6) is 17.2 Å². The molecule has 10 heteroatoms. The summed E-state index contributed by atoms with van der Waals surface area (Å²) in [7, 11) is 1.53. The van der Waals surface area contributed by atoms with Crippen LogP contribution in [0.2, 0.25) is 0 Å². The van der Waals surface area contributed by atoms with Gasteiger partial charge in [-0.2, -0.15) is 10.2 Å². The van der Waals surface area contributed by atoms with E-state index in [0.717, 1.165) is 0 Å². The van der Waals surface area contributed by atoms with Crippen molar-refractivity contribution in [1.29, 1.82) is 0 Å². The summed E-state index contributed by atoms with van der Waals surface area (Å²) in [5.74, 6) is 1.48. The second-order valence-corrected chi connectivity index (χ2v) is 6.59. The molecule has 3 aliphatic rings. The van der Waals surface area contributed by atoms with Crippen molar-refractivity contribution in [2.24, 2.45) is 10.2 Å². The van der Waals surface area contributed by atoms with E-state index >= 15 is 0 Å². The van der Waals surface area contributed by atoms with Crippen LogP contribution in [0.3, 0.4) is 0 Å². The molecule has 1 aromatic rings. The Hall–Kier alpha value is -3.14. The molecule has 0 saturated carbocycles. The van der Waals surface area contributed by atoms with Crippen LogP contribution in [0.4, 0.5) is 5.69 Å². The fraction of sp³-hybridized carbons (Fsp3) is 0.444. The third kappa shape index (κ3) is 3.77. The molecule has 0 atom stereocenters. The Morgan fingerprint density at radius 1 is 1.18 bits per heavy atom. The lowest BCUT2D eigenvalue weighted by Gasteiger charge is -2.34. The molecule has 1 saturated heterocycles. The van der Waals surface area contributed by atoms with Gasteiger partial charge in [0.05, 0.1) is 37.7 Å². The number of benzene rings is 1. The fourth-order valence-electron chi connectivity index (χ4n) is 3.29. The topological polar surface area (TPSA) is 105 Å². The number of nitrogens with one attached hydrogen (secondary N) is 1.